The molecule has 0 saturated heterocycles. The number of methoxy groups -OCH3 is 1. The molecule has 0 aliphatic carbocycles. The second-order valence-electron chi connectivity index (χ2n) is 5.02. The van der Waals surface area contributed by atoms with Crippen molar-refractivity contribution < 1.29 is 14.6 Å². The van der Waals surface area contributed by atoms with Crippen LogP contribution in [-0.4, -0.2) is 65.7 Å². The van der Waals surface area contributed by atoms with E-state index in [1.54, 1.807) is 16.6 Å². The number of carbonyl (C=O) groups excluding carboxylic acids is 1. The lowest BCUT2D eigenvalue weighted by atomic mass is 10.3. The number of nitrogens with zero attached hydrogens (tertiary/aromatic N) is 3. The predicted octanol–water partition coefficient (Wildman–Crippen LogP) is -0.0855. The molecular formula is C13H24N4O3. The average molecular weight is 284 g/mol. The highest BCUT2D eigenvalue weighted by Crippen LogP contribution is 2.17. The quantitative estimate of drug-likeness (QED) is 0.732. The normalized spacial score (nSPS) is 12.8. The van der Waals surface area contributed by atoms with Crippen LogP contribution in [0.5, 0.6) is 0 Å². The maximum absolute atomic E-state index is 12.0. The van der Waals surface area contributed by atoms with Gasteiger partial charge >= 0.3 is 0 Å². The van der Waals surface area contributed by atoms with E-state index in [-0.39, 0.29) is 19.1 Å². The lowest BCUT2D eigenvalue weighted by Gasteiger charge is -2.19. The average Bonchev–Trinajstić information content (AvgIpc) is 2.55. The first kappa shape index (κ1) is 16.6. The summed E-state index contributed by atoms with van der Waals surface area (Å²) in [7, 11) is 5.15. The molecule has 0 spiro atoms. The Morgan fingerprint density at radius 2 is 2.20 bits per heavy atom. The van der Waals surface area contributed by atoms with Crippen LogP contribution < -0.4 is 5.32 Å². The number of rotatable bonds is 7. The summed E-state index contributed by atoms with van der Waals surface area (Å²) in [5, 5.41) is 16.7. The van der Waals surface area contributed by atoms with Crippen LogP contribution in [0.25, 0.3) is 0 Å². The van der Waals surface area contributed by atoms with E-state index >= 15 is 0 Å². The van der Waals surface area contributed by atoms with Crippen LogP contribution in [0.1, 0.15) is 11.4 Å². The first-order chi connectivity index (χ1) is 9.35. The van der Waals surface area contributed by atoms with Crippen LogP contribution in [0, 0.1) is 13.8 Å². The van der Waals surface area contributed by atoms with Gasteiger partial charge in [-0.2, -0.15) is 5.10 Å². The van der Waals surface area contributed by atoms with Crippen LogP contribution in [0.15, 0.2) is 0 Å². The van der Waals surface area contributed by atoms with Gasteiger partial charge in [0.15, 0.2) is 0 Å². The number of aromatic nitrogens is 2. The third-order valence-electron chi connectivity index (χ3n) is 3.07. The number of nitrogens with one attached hydrogen (secondary N) is 1. The molecule has 0 aliphatic rings. The summed E-state index contributed by atoms with van der Waals surface area (Å²) in [5.41, 5.74) is 2.46. The molecular weight excluding hydrogens is 260 g/mol. The van der Waals surface area contributed by atoms with Crippen LogP contribution in [0.4, 0.5) is 5.69 Å². The Bertz CT molecular complexity index is 459. The molecule has 0 radical (unpaired) electrons. The number of ether oxygens (including phenoxy) is 1. The monoisotopic (exact) mass is 284 g/mol. The zero-order chi connectivity index (χ0) is 15.3. The molecule has 20 heavy (non-hydrogen) atoms. The SMILES string of the molecule is COCC(O)CN(C)CC(=O)Nc1c(C)nn(C)c1C. The van der Waals surface area contributed by atoms with Gasteiger partial charge < -0.3 is 15.2 Å². The smallest absolute Gasteiger partial charge is 0.238 e. The topological polar surface area (TPSA) is 79.6 Å². The second kappa shape index (κ2) is 7.37. The van der Waals surface area contributed by atoms with Gasteiger partial charge in [-0.15, -0.1) is 0 Å². The number of aliphatic hydroxyl groups excluding tert-OH is 1. The molecule has 114 valence electrons. The maximum atomic E-state index is 12.0. The minimum atomic E-state index is -0.598. The van der Waals surface area contributed by atoms with E-state index in [1.165, 1.54) is 7.11 Å². The Hall–Kier alpha value is -1.44. The van der Waals surface area contributed by atoms with Crippen LogP contribution >= 0.6 is 0 Å². The van der Waals surface area contributed by atoms with Crippen molar-refractivity contribution in [2.75, 3.05) is 39.2 Å². The predicted molar refractivity (Wildman–Crippen MR) is 76.7 cm³/mol. The van der Waals surface area contributed by atoms with Crippen molar-refractivity contribution in [2.45, 2.75) is 20.0 Å². The Kier molecular flexibility index (Phi) is 6.12. The number of aryl methyl sites for hydroxylation is 2. The third kappa shape index (κ3) is 4.59. The fourth-order valence-electron chi connectivity index (χ4n) is 2.05. The van der Waals surface area contributed by atoms with Crippen LogP contribution in [-0.2, 0) is 16.6 Å². The Morgan fingerprint density at radius 3 is 2.70 bits per heavy atom. The number of hydrogen-bond acceptors (Lipinski definition) is 5. The van der Waals surface area contributed by atoms with E-state index in [4.69, 9.17) is 4.74 Å². The molecule has 0 aliphatic heterocycles. The van der Waals surface area contributed by atoms with Crippen molar-refractivity contribution in [3.8, 4) is 0 Å². The fourth-order valence-corrected chi connectivity index (χ4v) is 2.05. The molecule has 1 atom stereocenters. The van der Waals surface area contributed by atoms with Crippen molar-refractivity contribution in [1.82, 2.24) is 14.7 Å². The molecule has 0 fully saturated rings. The minimum Gasteiger partial charge on any atom is -0.389 e. The van der Waals surface area contributed by atoms with E-state index in [0.717, 1.165) is 17.1 Å². The van der Waals surface area contributed by atoms with Gasteiger partial charge in [0.25, 0.3) is 0 Å². The number of hydrogen-bond donors (Lipinski definition) is 2. The highest BCUT2D eigenvalue weighted by atomic mass is 16.5. The highest BCUT2D eigenvalue weighted by molar-refractivity contribution is 5.93. The number of carbonyl (C=O) groups is 1. The number of amides is 1. The number of likely N-dealkylation sites (N-methyl/N-ethyl adjacent to an activating group) is 1. The molecule has 7 heteroatoms. The molecule has 0 saturated carbocycles. The summed E-state index contributed by atoms with van der Waals surface area (Å²) < 4.78 is 6.58. The van der Waals surface area contributed by atoms with E-state index < -0.39 is 6.10 Å². The van der Waals surface area contributed by atoms with Gasteiger partial charge in [0, 0.05) is 20.7 Å². The summed E-state index contributed by atoms with van der Waals surface area (Å²) in [6, 6.07) is 0. The largest absolute Gasteiger partial charge is 0.389 e. The molecule has 1 heterocycles. The highest BCUT2D eigenvalue weighted by Gasteiger charge is 2.15. The molecule has 1 aromatic heterocycles. The zero-order valence-electron chi connectivity index (χ0n) is 12.8. The van der Waals surface area contributed by atoms with E-state index in [1.807, 2.05) is 20.9 Å². The molecule has 7 nitrogen and oxygen atoms in total. The van der Waals surface area contributed by atoms with Crippen molar-refractivity contribution in [2.24, 2.45) is 7.05 Å². The molecule has 1 unspecified atom stereocenters. The molecule has 1 amide bonds. The molecule has 1 aromatic rings. The number of anilines is 1. The zero-order valence-corrected chi connectivity index (χ0v) is 12.8. The summed E-state index contributed by atoms with van der Waals surface area (Å²) in [5.74, 6) is -0.128. The van der Waals surface area contributed by atoms with Gasteiger partial charge in [0.2, 0.25) is 5.91 Å². The minimum absolute atomic E-state index is 0.128. The van der Waals surface area contributed by atoms with Gasteiger partial charge in [-0.3, -0.25) is 14.4 Å². The first-order valence-corrected chi connectivity index (χ1v) is 6.50. The third-order valence-corrected chi connectivity index (χ3v) is 3.07. The molecule has 0 bridgehead atoms. The van der Waals surface area contributed by atoms with Gasteiger partial charge in [0.1, 0.15) is 0 Å². The first-order valence-electron chi connectivity index (χ1n) is 6.50. The van der Waals surface area contributed by atoms with Crippen molar-refractivity contribution >= 4 is 11.6 Å². The van der Waals surface area contributed by atoms with Crippen molar-refractivity contribution in [3.63, 3.8) is 0 Å². The Balaban J connectivity index is 2.51. The summed E-state index contributed by atoms with van der Waals surface area (Å²) >= 11 is 0. The van der Waals surface area contributed by atoms with Crippen LogP contribution in [0.2, 0.25) is 0 Å². The lowest BCUT2D eigenvalue weighted by molar-refractivity contribution is -0.117. The van der Waals surface area contributed by atoms with E-state index in [9.17, 15) is 9.90 Å². The molecule has 0 aromatic carbocycles. The van der Waals surface area contributed by atoms with Gasteiger partial charge in [-0.25, -0.2) is 0 Å². The lowest BCUT2D eigenvalue weighted by Crippen LogP contribution is -2.37. The fraction of sp³-hybridized carbons (Fsp3) is 0.692. The van der Waals surface area contributed by atoms with Gasteiger partial charge in [-0.05, 0) is 20.9 Å². The van der Waals surface area contributed by atoms with Gasteiger partial charge in [0.05, 0.1) is 36.3 Å². The van der Waals surface area contributed by atoms with Crippen molar-refractivity contribution in [3.05, 3.63) is 11.4 Å². The molecule has 1 rings (SSSR count). The molecule has 2 N–H and O–H groups in total. The van der Waals surface area contributed by atoms with E-state index in [0.29, 0.717) is 6.54 Å². The van der Waals surface area contributed by atoms with Gasteiger partial charge in [-0.1, -0.05) is 0 Å². The number of aliphatic hydroxyl groups is 1. The summed E-state index contributed by atoms with van der Waals surface area (Å²) in [6.07, 6.45) is -0.598. The summed E-state index contributed by atoms with van der Waals surface area (Å²) in [4.78, 5) is 13.7. The standard InChI is InChI=1S/C13H24N4O3/c1-9-13(10(2)17(4)15-9)14-12(19)7-16(3)6-11(18)8-20-5/h11,18H,6-8H2,1-5H3,(H,14,19). The second-order valence-corrected chi connectivity index (χ2v) is 5.02. The Morgan fingerprint density at radius 1 is 1.55 bits per heavy atom. The maximum Gasteiger partial charge on any atom is 0.238 e. The van der Waals surface area contributed by atoms with Crippen molar-refractivity contribution in [1.29, 1.82) is 0 Å². The van der Waals surface area contributed by atoms with Crippen LogP contribution in [0.3, 0.4) is 0 Å². The summed E-state index contributed by atoms with van der Waals surface area (Å²) in [6.45, 7) is 4.60. The Labute approximate surface area is 119 Å². The van der Waals surface area contributed by atoms with E-state index in [2.05, 4.69) is 10.4 Å².